The Morgan fingerprint density at radius 1 is 1.50 bits per heavy atom. The van der Waals surface area contributed by atoms with Crippen molar-refractivity contribution < 1.29 is 4.79 Å². The molecule has 1 N–H and O–H groups in total. The molecule has 0 aromatic heterocycles. The van der Waals surface area contributed by atoms with Crippen molar-refractivity contribution >= 4 is 21.8 Å². The minimum absolute atomic E-state index is 0.224. The van der Waals surface area contributed by atoms with Gasteiger partial charge in [-0.1, -0.05) is 34.1 Å². The molecule has 1 aliphatic heterocycles. The zero-order valence-corrected chi connectivity index (χ0v) is 12.2. The zero-order valence-electron chi connectivity index (χ0n) is 10.7. The Hall–Kier alpha value is -0.870. The highest BCUT2D eigenvalue weighted by molar-refractivity contribution is 9.10. The molecule has 1 atom stereocenters. The van der Waals surface area contributed by atoms with Crippen molar-refractivity contribution in [3.8, 4) is 0 Å². The Labute approximate surface area is 117 Å². The van der Waals surface area contributed by atoms with Crippen LogP contribution in [0.3, 0.4) is 0 Å². The topological polar surface area (TPSA) is 32.3 Å². The van der Waals surface area contributed by atoms with Gasteiger partial charge in [0.1, 0.15) is 0 Å². The Kier molecular flexibility index (Phi) is 4.78. The Morgan fingerprint density at radius 3 is 3.00 bits per heavy atom. The van der Waals surface area contributed by atoms with Crippen molar-refractivity contribution in [2.45, 2.75) is 25.3 Å². The SMILES string of the molecule is CN[C@@H]1CCCN(C(=O)Cc2ccccc2Br)C1. The van der Waals surface area contributed by atoms with Crippen LogP contribution in [0.2, 0.25) is 0 Å². The summed E-state index contributed by atoms with van der Waals surface area (Å²) in [7, 11) is 1.96. The molecule has 2 rings (SSSR count). The van der Waals surface area contributed by atoms with Gasteiger partial charge in [0, 0.05) is 23.6 Å². The van der Waals surface area contributed by atoms with Crippen LogP contribution in [0.15, 0.2) is 28.7 Å². The number of carbonyl (C=O) groups excluding carboxylic acids is 1. The average molecular weight is 311 g/mol. The van der Waals surface area contributed by atoms with Gasteiger partial charge < -0.3 is 10.2 Å². The third-order valence-electron chi connectivity index (χ3n) is 3.48. The lowest BCUT2D eigenvalue weighted by molar-refractivity contribution is -0.131. The van der Waals surface area contributed by atoms with Crippen molar-refractivity contribution in [1.82, 2.24) is 10.2 Å². The lowest BCUT2D eigenvalue weighted by Gasteiger charge is -2.32. The molecule has 1 aromatic carbocycles. The van der Waals surface area contributed by atoms with Gasteiger partial charge in [-0.15, -0.1) is 0 Å². The van der Waals surface area contributed by atoms with Crippen molar-refractivity contribution in [3.63, 3.8) is 0 Å². The second-order valence-electron chi connectivity index (χ2n) is 4.74. The van der Waals surface area contributed by atoms with Crippen molar-refractivity contribution in [2.75, 3.05) is 20.1 Å². The Morgan fingerprint density at radius 2 is 2.28 bits per heavy atom. The minimum atomic E-state index is 0.224. The monoisotopic (exact) mass is 310 g/mol. The fourth-order valence-corrected chi connectivity index (χ4v) is 2.78. The quantitative estimate of drug-likeness (QED) is 0.928. The number of rotatable bonds is 3. The zero-order chi connectivity index (χ0) is 13.0. The maximum Gasteiger partial charge on any atom is 0.227 e. The number of benzene rings is 1. The molecule has 18 heavy (non-hydrogen) atoms. The van der Waals surface area contributed by atoms with Gasteiger partial charge in [-0.3, -0.25) is 4.79 Å². The molecular formula is C14H19BrN2O. The van der Waals surface area contributed by atoms with Gasteiger partial charge in [0.15, 0.2) is 0 Å². The average Bonchev–Trinajstić information content (AvgIpc) is 2.41. The molecule has 1 saturated heterocycles. The summed E-state index contributed by atoms with van der Waals surface area (Å²) >= 11 is 3.49. The number of nitrogens with one attached hydrogen (secondary N) is 1. The molecular weight excluding hydrogens is 292 g/mol. The van der Waals surface area contributed by atoms with E-state index >= 15 is 0 Å². The largest absolute Gasteiger partial charge is 0.341 e. The second kappa shape index (κ2) is 6.34. The lowest BCUT2D eigenvalue weighted by atomic mass is 10.0. The Balaban J connectivity index is 1.97. The molecule has 1 aliphatic rings. The van der Waals surface area contributed by atoms with Crippen LogP contribution in [0, 0.1) is 0 Å². The first-order chi connectivity index (χ1) is 8.70. The number of likely N-dealkylation sites (tertiary alicyclic amines) is 1. The predicted octanol–water partition coefficient (Wildman–Crippen LogP) is 2.20. The van der Waals surface area contributed by atoms with Gasteiger partial charge in [0.2, 0.25) is 5.91 Å². The van der Waals surface area contributed by atoms with E-state index in [0.717, 1.165) is 36.0 Å². The first kappa shape index (κ1) is 13.6. The summed E-state index contributed by atoms with van der Waals surface area (Å²) in [5.41, 5.74) is 1.06. The van der Waals surface area contributed by atoms with E-state index in [-0.39, 0.29) is 5.91 Å². The van der Waals surface area contributed by atoms with Crippen molar-refractivity contribution in [1.29, 1.82) is 0 Å². The molecule has 0 unspecified atom stereocenters. The number of piperidine rings is 1. The third kappa shape index (κ3) is 3.33. The van der Waals surface area contributed by atoms with Crippen molar-refractivity contribution in [3.05, 3.63) is 34.3 Å². The molecule has 1 fully saturated rings. The van der Waals surface area contributed by atoms with Crippen LogP contribution >= 0.6 is 15.9 Å². The van der Waals surface area contributed by atoms with E-state index in [4.69, 9.17) is 0 Å². The third-order valence-corrected chi connectivity index (χ3v) is 4.26. The standard InChI is InChI=1S/C14H19BrN2O/c1-16-12-6-4-8-17(10-12)14(18)9-11-5-2-3-7-13(11)15/h2-3,5,7,12,16H,4,6,8-10H2,1H3/t12-/m1/s1. The minimum Gasteiger partial charge on any atom is -0.341 e. The first-order valence-corrected chi connectivity index (χ1v) is 7.18. The van der Waals surface area contributed by atoms with Crippen LogP contribution in [-0.4, -0.2) is 37.0 Å². The van der Waals surface area contributed by atoms with Gasteiger partial charge in [-0.05, 0) is 31.5 Å². The number of nitrogens with zero attached hydrogens (tertiary/aromatic N) is 1. The molecule has 0 aliphatic carbocycles. The smallest absolute Gasteiger partial charge is 0.227 e. The second-order valence-corrected chi connectivity index (χ2v) is 5.59. The van der Waals surface area contributed by atoms with E-state index < -0.39 is 0 Å². The molecule has 1 amide bonds. The normalized spacial score (nSPS) is 19.9. The molecule has 1 heterocycles. The molecule has 0 saturated carbocycles. The van der Waals surface area contributed by atoms with Crippen LogP contribution in [0.1, 0.15) is 18.4 Å². The van der Waals surface area contributed by atoms with Crippen LogP contribution in [0.25, 0.3) is 0 Å². The summed E-state index contributed by atoms with van der Waals surface area (Å²) in [4.78, 5) is 14.2. The molecule has 1 aromatic rings. The highest BCUT2D eigenvalue weighted by atomic mass is 79.9. The first-order valence-electron chi connectivity index (χ1n) is 6.39. The summed E-state index contributed by atoms with van der Waals surface area (Å²) in [5.74, 6) is 0.224. The summed E-state index contributed by atoms with van der Waals surface area (Å²) in [6.07, 6.45) is 2.74. The molecule has 4 heteroatoms. The van der Waals surface area contributed by atoms with E-state index in [2.05, 4.69) is 21.2 Å². The van der Waals surface area contributed by atoms with Crippen molar-refractivity contribution in [2.24, 2.45) is 0 Å². The fraction of sp³-hybridized carbons (Fsp3) is 0.500. The van der Waals surface area contributed by atoms with Gasteiger partial charge in [0.05, 0.1) is 6.42 Å². The molecule has 3 nitrogen and oxygen atoms in total. The number of likely N-dealkylation sites (N-methyl/N-ethyl adjacent to an activating group) is 1. The lowest BCUT2D eigenvalue weighted by Crippen LogP contribution is -2.47. The number of carbonyl (C=O) groups is 1. The molecule has 0 bridgehead atoms. The van der Waals surface area contributed by atoms with Crippen LogP contribution < -0.4 is 5.32 Å². The van der Waals surface area contributed by atoms with Crippen LogP contribution in [0.4, 0.5) is 0 Å². The van der Waals surface area contributed by atoms with Gasteiger partial charge in [0.25, 0.3) is 0 Å². The van der Waals surface area contributed by atoms with E-state index in [9.17, 15) is 4.79 Å². The summed E-state index contributed by atoms with van der Waals surface area (Å²) < 4.78 is 1.01. The molecule has 98 valence electrons. The molecule has 0 radical (unpaired) electrons. The summed E-state index contributed by atoms with van der Waals surface area (Å²) in [5, 5.41) is 3.26. The maximum atomic E-state index is 12.3. The summed E-state index contributed by atoms with van der Waals surface area (Å²) in [6, 6.07) is 8.37. The number of amides is 1. The maximum absolute atomic E-state index is 12.3. The predicted molar refractivity (Wildman–Crippen MR) is 76.5 cm³/mol. The van der Waals surface area contributed by atoms with E-state index in [1.807, 2.05) is 36.2 Å². The number of hydrogen-bond donors (Lipinski definition) is 1. The van der Waals surface area contributed by atoms with E-state index in [1.165, 1.54) is 0 Å². The number of halogens is 1. The van der Waals surface area contributed by atoms with E-state index in [0.29, 0.717) is 12.5 Å². The van der Waals surface area contributed by atoms with Gasteiger partial charge in [-0.25, -0.2) is 0 Å². The number of hydrogen-bond acceptors (Lipinski definition) is 2. The Bertz CT molecular complexity index is 422. The van der Waals surface area contributed by atoms with Gasteiger partial charge in [-0.2, -0.15) is 0 Å². The van der Waals surface area contributed by atoms with E-state index in [1.54, 1.807) is 0 Å². The fourth-order valence-electron chi connectivity index (χ4n) is 2.36. The molecule has 0 spiro atoms. The van der Waals surface area contributed by atoms with Crippen LogP contribution in [-0.2, 0) is 11.2 Å². The summed E-state index contributed by atoms with van der Waals surface area (Å²) in [6.45, 7) is 1.72. The highest BCUT2D eigenvalue weighted by Gasteiger charge is 2.22. The van der Waals surface area contributed by atoms with Crippen LogP contribution in [0.5, 0.6) is 0 Å². The highest BCUT2D eigenvalue weighted by Crippen LogP contribution is 2.18. The van der Waals surface area contributed by atoms with Gasteiger partial charge >= 0.3 is 0 Å².